The predicted molar refractivity (Wildman–Crippen MR) is 76.7 cm³/mol. The van der Waals surface area contributed by atoms with Gasteiger partial charge in [-0.25, -0.2) is 4.98 Å². The summed E-state index contributed by atoms with van der Waals surface area (Å²) in [5.41, 5.74) is 0. The number of nitrogens with one attached hydrogen (secondary N) is 1. The Kier molecular flexibility index (Phi) is 4.51. The van der Waals surface area contributed by atoms with Gasteiger partial charge in [0.15, 0.2) is 0 Å². The van der Waals surface area contributed by atoms with Crippen molar-refractivity contribution < 1.29 is 0 Å². The lowest BCUT2D eigenvalue weighted by Crippen LogP contribution is -2.15. The van der Waals surface area contributed by atoms with Crippen LogP contribution in [-0.4, -0.2) is 40.6 Å². The van der Waals surface area contributed by atoms with E-state index in [9.17, 15) is 0 Å². The maximum absolute atomic E-state index is 4.40. The molecular weight excluding hydrogens is 260 g/mol. The van der Waals surface area contributed by atoms with Crippen LogP contribution in [0.3, 0.4) is 0 Å². The number of nitrogens with zero attached hydrogens (tertiary/aromatic N) is 5. The van der Waals surface area contributed by atoms with Gasteiger partial charge in [-0.2, -0.15) is 15.0 Å². The maximum atomic E-state index is 4.40. The van der Waals surface area contributed by atoms with Crippen LogP contribution < -0.4 is 10.2 Å². The molecule has 0 aliphatic heterocycles. The Hall–Kier alpha value is -1.89. The minimum atomic E-state index is 0.583. The molecule has 100 valence electrons. The monoisotopic (exact) mass is 276 g/mol. The van der Waals surface area contributed by atoms with Crippen molar-refractivity contribution in [1.82, 2.24) is 19.9 Å². The molecule has 0 atom stereocenters. The van der Waals surface area contributed by atoms with Gasteiger partial charge in [-0.3, -0.25) is 0 Å². The Balaban J connectivity index is 2.28. The Morgan fingerprint density at radius 1 is 1.21 bits per heavy atom. The maximum Gasteiger partial charge on any atom is 0.230 e. The normalized spacial score (nSPS) is 10.3. The smallest absolute Gasteiger partial charge is 0.230 e. The fourth-order valence-electron chi connectivity index (χ4n) is 1.33. The second-order valence-electron chi connectivity index (χ2n) is 3.94. The lowest BCUT2D eigenvalue weighted by Gasteiger charge is -2.12. The first kappa shape index (κ1) is 13.5. The van der Waals surface area contributed by atoms with Crippen LogP contribution in [0.4, 0.5) is 11.9 Å². The third kappa shape index (κ3) is 3.78. The average Bonchev–Trinajstić information content (AvgIpc) is 2.40. The van der Waals surface area contributed by atoms with Crippen molar-refractivity contribution in [2.24, 2.45) is 0 Å². The lowest BCUT2D eigenvalue weighted by atomic mass is 10.5. The second kappa shape index (κ2) is 6.33. The van der Waals surface area contributed by atoms with Crippen molar-refractivity contribution in [2.75, 3.05) is 30.9 Å². The molecular formula is C12H16N6S. The molecule has 0 radical (unpaired) electrons. The zero-order valence-electron chi connectivity index (χ0n) is 11.2. The third-order valence-electron chi connectivity index (χ3n) is 2.17. The van der Waals surface area contributed by atoms with Crippen molar-refractivity contribution in [3.05, 3.63) is 24.4 Å². The van der Waals surface area contributed by atoms with Crippen LogP contribution in [0, 0.1) is 0 Å². The van der Waals surface area contributed by atoms with Gasteiger partial charge in [0.25, 0.3) is 0 Å². The second-order valence-corrected chi connectivity index (χ2v) is 4.92. The van der Waals surface area contributed by atoms with E-state index in [4.69, 9.17) is 0 Å². The minimum Gasteiger partial charge on any atom is -0.354 e. The summed E-state index contributed by atoms with van der Waals surface area (Å²) in [6, 6.07) is 5.75. The predicted octanol–water partition coefficient (Wildman–Crippen LogP) is 1.92. The molecule has 2 aromatic rings. The summed E-state index contributed by atoms with van der Waals surface area (Å²) >= 11 is 1.42. The first-order chi connectivity index (χ1) is 9.19. The van der Waals surface area contributed by atoms with Gasteiger partial charge in [0.2, 0.25) is 17.1 Å². The number of aromatic nitrogens is 4. The molecule has 7 heteroatoms. The van der Waals surface area contributed by atoms with E-state index in [0.29, 0.717) is 17.1 Å². The van der Waals surface area contributed by atoms with E-state index in [-0.39, 0.29) is 0 Å². The highest BCUT2D eigenvalue weighted by Gasteiger charge is 2.09. The molecule has 0 unspecified atom stereocenters. The molecule has 0 saturated heterocycles. The Labute approximate surface area is 116 Å². The van der Waals surface area contributed by atoms with Crippen LogP contribution in [-0.2, 0) is 0 Å². The molecule has 0 aliphatic carbocycles. The van der Waals surface area contributed by atoms with E-state index in [1.807, 2.05) is 44.1 Å². The quantitative estimate of drug-likeness (QED) is 0.894. The molecule has 6 nitrogen and oxygen atoms in total. The number of anilines is 2. The summed E-state index contributed by atoms with van der Waals surface area (Å²) in [5, 5.41) is 4.60. The van der Waals surface area contributed by atoms with Gasteiger partial charge in [-0.05, 0) is 30.8 Å². The molecule has 2 rings (SSSR count). The van der Waals surface area contributed by atoms with Crippen LogP contribution in [0.25, 0.3) is 0 Å². The fourth-order valence-corrected chi connectivity index (χ4v) is 2.04. The molecule has 0 aromatic carbocycles. The number of pyridine rings is 1. The first-order valence-corrected chi connectivity index (χ1v) is 6.77. The summed E-state index contributed by atoms with van der Waals surface area (Å²) in [6.07, 6.45) is 1.75. The molecule has 0 fully saturated rings. The largest absolute Gasteiger partial charge is 0.354 e. The van der Waals surface area contributed by atoms with Gasteiger partial charge >= 0.3 is 0 Å². The molecule has 1 N–H and O–H groups in total. The molecule has 2 aromatic heterocycles. The average molecular weight is 276 g/mol. The van der Waals surface area contributed by atoms with Crippen LogP contribution >= 0.6 is 11.8 Å². The number of hydrogen-bond acceptors (Lipinski definition) is 7. The van der Waals surface area contributed by atoms with Crippen molar-refractivity contribution in [2.45, 2.75) is 17.1 Å². The van der Waals surface area contributed by atoms with Gasteiger partial charge in [-0.15, -0.1) is 0 Å². The van der Waals surface area contributed by atoms with Gasteiger partial charge in [0.1, 0.15) is 5.03 Å². The van der Waals surface area contributed by atoms with Gasteiger partial charge in [0.05, 0.1) is 0 Å². The molecule has 0 bridgehead atoms. The van der Waals surface area contributed by atoms with Crippen LogP contribution in [0.5, 0.6) is 0 Å². The first-order valence-electron chi connectivity index (χ1n) is 5.95. The summed E-state index contributed by atoms with van der Waals surface area (Å²) in [5.74, 6) is 1.21. The summed E-state index contributed by atoms with van der Waals surface area (Å²) in [6.45, 7) is 2.77. The minimum absolute atomic E-state index is 0.583. The van der Waals surface area contributed by atoms with Crippen molar-refractivity contribution in [3.63, 3.8) is 0 Å². The molecule has 19 heavy (non-hydrogen) atoms. The standard InChI is InChI=1S/C12H16N6S/c1-4-13-10-15-11(18(2)3)17-12(16-10)19-9-7-5-6-8-14-9/h5-8H,4H2,1-3H3,(H,13,15,16,17). The Bertz CT molecular complexity index is 531. The molecule has 0 saturated carbocycles. The van der Waals surface area contributed by atoms with Crippen LogP contribution in [0.1, 0.15) is 6.92 Å². The number of hydrogen-bond donors (Lipinski definition) is 1. The van der Waals surface area contributed by atoms with Crippen molar-refractivity contribution in [1.29, 1.82) is 0 Å². The highest BCUT2D eigenvalue weighted by atomic mass is 32.2. The molecule has 2 heterocycles. The lowest BCUT2D eigenvalue weighted by molar-refractivity contribution is 0.862. The van der Waals surface area contributed by atoms with Gasteiger partial charge in [-0.1, -0.05) is 6.07 Å². The topological polar surface area (TPSA) is 66.8 Å². The van der Waals surface area contributed by atoms with Crippen molar-refractivity contribution in [3.8, 4) is 0 Å². The van der Waals surface area contributed by atoms with Crippen LogP contribution in [0.15, 0.2) is 34.6 Å². The van der Waals surface area contributed by atoms with E-state index in [1.165, 1.54) is 11.8 Å². The van der Waals surface area contributed by atoms with E-state index < -0.39 is 0 Å². The molecule has 0 aliphatic rings. The van der Waals surface area contributed by atoms with Gasteiger partial charge < -0.3 is 10.2 Å². The Morgan fingerprint density at radius 2 is 2.05 bits per heavy atom. The van der Waals surface area contributed by atoms with E-state index in [2.05, 4.69) is 25.3 Å². The van der Waals surface area contributed by atoms with Crippen LogP contribution in [0.2, 0.25) is 0 Å². The molecule has 0 spiro atoms. The zero-order chi connectivity index (χ0) is 13.7. The van der Waals surface area contributed by atoms with Crippen molar-refractivity contribution >= 4 is 23.7 Å². The summed E-state index contributed by atoms with van der Waals surface area (Å²) < 4.78 is 0. The van der Waals surface area contributed by atoms with Gasteiger partial charge in [0, 0.05) is 26.8 Å². The summed E-state index contributed by atoms with van der Waals surface area (Å²) in [4.78, 5) is 19.2. The highest BCUT2D eigenvalue weighted by molar-refractivity contribution is 7.99. The molecule has 0 amide bonds. The third-order valence-corrected chi connectivity index (χ3v) is 2.99. The summed E-state index contributed by atoms with van der Waals surface area (Å²) in [7, 11) is 3.81. The van der Waals surface area contributed by atoms with E-state index in [1.54, 1.807) is 6.20 Å². The van der Waals surface area contributed by atoms with E-state index in [0.717, 1.165) is 11.6 Å². The SMILES string of the molecule is CCNc1nc(Sc2ccccn2)nc(N(C)C)n1. The fraction of sp³-hybridized carbons (Fsp3) is 0.333. The number of rotatable bonds is 5. The Morgan fingerprint density at radius 3 is 2.68 bits per heavy atom. The zero-order valence-corrected chi connectivity index (χ0v) is 12.0. The highest BCUT2D eigenvalue weighted by Crippen LogP contribution is 2.24. The van der Waals surface area contributed by atoms with E-state index >= 15 is 0 Å².